The Bertz CT molecular complexity index is 1190. The van der Waals surface area contributed by atoms with Crippen molar-refractivity contribution in [3.05, 3.63) is 59.3 Å². The third-order valence-corrected chi connectivity index (χ3v) is 6.21. The predicted molar refractivity (Wildman–Crippen MR) is 117 cm³/mol. The van der Waals surface area contributed by atoms with Gasteiger partial charge in [-0.05, 0) is 29.3 Å². The summed E-state index contributed by atoms with van der Waals surface area (Å²) in [5.74, 6) is 0.385. The molecule has 1 aromatic heterocycles. The number of rotatable bonds is 3. The van der Waals surface area contributed by atoms with E-state index in [1.54, 1.807) is 13.1 Å². The summed E-state index contributed by atoms with van der Waals surface area (Å²) in [5.41, 5.74) is 3.49. The van der Waals surface area contributed by atoms with Gasteiger partial charge in [-0.3, -0.25) is 9.59 Å². The summed E-state index contributed by atoms with van der Waals surface area (Å²) in [7, 11) is 1.55. The van der Waals surface area contributed by atoms with Crippen molar-refractivity contribution in [2.45, 2.75) is 23.3 Å². The minimum atomic E-state index is -1.31. The number of alkyl halides is 2. The van der Waals surface area contributed by atoms with Crippen molar-refractivity contribution in [2.75, 3.05) is 13.8 Å². The molecule has 2 atom stereocenters. The Morgan fingerprint density at radius 3 is 2.71 bits per heavy atom. The number of carbonyl (C=O) groups excluding carboxylic acids is 2. The lowest BCUT2D eigenvalue weighted by Gasteiger charge is -2.41. The molecular weight excluding hydrogens is 441 g/mol. The molecule has 2 amide bonds. The van der Waals surface area contributed by atoms with E-state index in [9.17, 15) is 9.59 Å². The molecule has 0 fully saturated rings. The molecule has 0 radical (unpaired) electrons. The highest BCUT2D eigenvalue weighted by Gasteiger charge is 2.44. The van der Waals surface area contributed by atoms with E-state index in [2.05, 4.69) is 10.3 Å². The van der Waals surface area contributed by atoms with Gasteiger partial charge in [-0.2, -0.15) is 0 Å². The minimum absolute atomic E-state index is 0.135. The van der Waals surface area contributed by atoms with Crippen molar-refractivity contribution in [3.63, 3.8) is 0 Å². The topological polar surface area (TPSA) is 83.7 Å². The number of aromatic amines is 1. The molecule has 9 heteroatoms. The van der Waals surface area contributed by atoms with Crippen LogP contribution in [0, 0.1) is 0 Å². The van der Waals surface area contributed by atoms with Crippen molar-refractivity contribution in [3.8, 4) is 11.5 Å². The van der Waals surface area contributed by atoms with Crippen molar-refractivity contribution in [2.24, 2.45) is 0 Å². The molecule has 0 unspecified atom stereocenters. The fourth-order valence-electron chi connectivity index (χ4n) is 4.47. The van der Waals surface area contributed by atoms with Crippen molar-refractivity contribution >= 4 is 45.9 Å². The van der Waals surface area contributed by atoms with Crippen molar-refractivity contribution in [1.29, 1.82) is 0 Å². The molecule has 0 saturated carbocycles. The Hall–Kier alpha value is -2.90. The van der Waals surface area contributed by atoms with Crippen LogP contribution in [-0.2, 0) is 16.0 Å². The monoisotopic (exact) mass is 459 g/mol. The summed E-state index contributed by atoms with van der Waals surface area (Å²) in [4.78, 5) is 29.7. The van der Waals surface area contributed by atoms with Gasteiger partial charge in [0.25, 0.3) is 5.91 Å². The second-order valence-electron chi connectivity index (χ2n) is 7.46. The average molecular weight is 460 g/mol. The Balaban J connectivity index is 1.75. The van der Waals surface area contributed by atoms with Crippen LogP contribution in [0.2, 0.25) is 0 Å². The summed E-state index contributed by atoms with van der Waals surface area (Å²) < 4.78 is 11.0. The first-order valence-electron chi connectivity index (χ1n) is 9.80. The molecule has 160 valence electrons. The van der Waals surface area contributed by atoms with Crippen LogP contribution < -0.4 is 14.8 Å². The molecule has 0 spiro atoms. The molecule has 3 aromatic rings. The smallest absolute Gasteiger partial charge is 0.257 e. The molecule has 2 aliphatic heterocycles. The predicted octanol–water partition coefficient (Wildman–Crippen LogP) is 3.29. The van der Waals surface area contributed by atoms with Gasteiger partial charge in [-0.1, -0.05) is 47.5 Å². The van der Waals surface area contributed by atoms with E-state index < -0.39 is 22.8 Å². The molecular formula is C22H19Cl2N3O4. The summed E-state index contributed by atoms with van der Waals surface area (Å²) in [6, 6.07) is 12.0. The van der Waals surface area contributed by atoms with E-state index in [0.717, 1.165) is 27.7 Å². The van der Waals surface area contributed by atoms with Gasteiger partial charge >= 0.3 is 0 Å². The first-order valence-corrected chi connectivity index (χ1v) is 10.7. The second kappa shape index (κ2) is 7.66. The van der Waals surface area contributed by atoms with Crippen LogP contribution in [0.25, 0.3) is 10.9 Å². The Kier molecular flexibility index (Phi) is 4.95. The first kappa shape index (κ1) is 20.0. The van der Waals surface area contributed by atoms with Gasteiger partial charge in [0, 0.05) is 30.1 Å². The fraction of sp³-hybridized carbons (Fsp3) is 0.273. The molecule has 2 N–H and O–H groups in total. The Morgan fingerprint density at radius 2 is 1.94 bits per heavy atom. The zero-order valence-electron chi connectivity index (χ0n) is 16.5. The first-order chi connectivity index (χ1) is 15.0. The van der Waals surface area contributed by atoms with Crippen LogP contribution in [0.5, 0.6) is 11.5 Å². The molecule has 7 nitrogen and oxygen atoms in total. The lowest BCUT2D eigenvalue weighted by molar-refractivity contribution is -0.141. The Morgan fingerprint density at radius 1 is 1.16 bits per heavy atom. The largest absolute Gasteiger partial charge is 0.454 e. The van der Waals surface area contributed by atoms with Crippen LogP contribution >= 0.6 is 23.2 Å². The number of hydrogen-bond donors (Lipinski definition) is 2. The number of halogens is 2. The number of likely N-dealkylation sites (N-methyl/N-ethyl adjacent to an activating group) is 1. The summed E-state index contributed by atoms with van der Waals surface area (Å²) in [5, 5.41) is 3.68. The van der Waals surface area contributed by atoms with Gasteiger partial charge in [-0.15, -0.1) is 0 Å². The number of aromatic nitrogens is 1. The molecule has 0 saturated heterocycles. The highest BCUT2D eigenvalue weighted by atomic mass is 35.5. The number of fused-ring (bicyclic) bond motifs is 4. The SMILES string of the molecule is CNC(=O)[C@H]1Cc2c([nH]c3ccccc23)[C@@H](c2ccc3c(c2)OCO3)N1C(=O)C(Cl)Cl. The molecule has 2 aliphatic rings. The molecule has 0 aliphatic carbocycles. The second-order valence-corrected chi connectivity index (χ2v) is 8.55. The maximum atomic E-state index is 13.2. The fourth-order valence-corrected chi connectivity index (χ4v) is 4.70. The van der Waals surface area contributed by atoms with E-state index in [0.29, 0.717) is 17.9 Å². The van der Waals surface area contributed by atoms with E-state index in [4.69, 9.17) is 32.7 Å². The third kappa shape index (κ3) is 3.20. The highest BCUT2D eigenvalue weighted by Crippen LogP contribution is 2.44. The van der Waals surface area contributed by atoms with Gasteiger partial charge in [0.15, 0.2) is 16.3 Å². The van der Waals surface area contributed by atoms with E-state index >= 15 is 0 Å². The number of nitrogens with one attached hydrogen (secondary N) is 2. The average Bonchev–Trinajstić information content (AvgIpc) is 3.40. The maximum Gasteiger partial charge on any atom is 0.257 e. The highest BCUT2D eigenvalue weighted by molar-refractivity contribution is 6.53. The zero-order chi connectivity index (χ0) is 21.7. The lowest BCUT2D eigenvalue weighted by atomic mass is 9.87. The van der Waals surface area contributed by atoms with Gasteiger partial charge in [0.05, 0.1) is 6.04 Å². The molecule has 5 rings (SSSR count). The van der Waals surface area contributed by atoms with Crippen LogP contribution in [0.1, 0.15) is 22.9 Å². The molecule has 31 heavy (non-hydrogen) atoms. The van der Waals surface area contributed by atoms with Crippen molar-refractivity contribution in [1.82, 2.24) is 15.2 Å². The number of ether oxygens (including phenoxy) is 2. The van der Waals surface area contributed by atoms with Crippen LogP contribution in [0.15, 0.2) is 42.5 Å². The van der Waals surface area contributed by atoms with Gasteiger partial charge in [0.2, 0.25) is 12.7 Å². The minimum Gasteiger partial charge on any atom is -0.454 e. The number of H-pyrrole nitrogens is 1. The number of hydrogen-bond acceptors (Lipinski definition) is 4. The number of carbonyl (C=O) groups is 2. The number of amides is 2. The third-order valence-electron chi connectivity index (χ3n) is 5.83. The van der Waals surface area contributed by atoms with Crippen LogP contribution in [-0.4, -0.2) is 46.4 Å². The van der Waals surface area contributed by atoms with Crippen LogP contribution in [0.4, 0.5) is 0 Å². The van der Waals surface area contributed by atoms with Crippen molar-refractivity contribution < 1.29 is 19.1 Å². The number of benzene rings is 2. The van der Waals surface area contributed by atoms with E-state index in [-0.39, 0.29) is 12.7 Å². The number of nitrogens with zero attached hydrogens (tertiary/aromatic N) is 1. The molecule has 3 heterocycles. The maximum absolute atomic E-state index is 13.2. The summed E-state index contributed by atoms with van der Waals surface area (Å²) in [6.45, 7) is 0.135. The van der Waals surface area contributed by atoms with Crippen LogP contribution in [0.3, 0.4) is 0 Å². The quantitative estimate of drug-likeness (QED) is 0.588. The van der Waals surface area contributed by atoms with Gasteiger partial charge in [-0.25, -0.2) is 0 Å². The summed E-state index contributed by atoms with van der Waals surface area (Å²) in [6.07, 6.45) is 0.340. The normalized spacial score (nSPS) is 19.5. The summed E-state index contributed by atoms with van der Waals surface area (Å²) >= 11 is 12.0. The van der Waals surface area contributed by atoms with Gasteiger partial charge < -0.3 is 24.7 Å². The van der Waals surface area contributed by atoms with Gasteiger partial charge in [0.1, 0.15) is 6.04 Å². The molecule has 2 aromatic carbocycles. The standard InChI is InChI=1S/C22H19Cl2N3O4/c1-25-21(28)15-9-13-12-4-2-3-5-14(12)26-18(13)19(27(15)22(29)20(23)24)11-6-7-16-17(8-11)31-10-30-16/h2-8,15,19-20,26H,9-10H2,1H3,(H,25,28)/t15-,19-/m1/s1. The molecule has 0 bridgehead atoms. The van der Waals surface area contributed by atoms with E-state index in [1.807, 2.05) is 36.4 Å². The number of para-hydroxylation sites is 1. The Labute approximate surface area is 188 Å². The van der Waals surface area contributed by atoms with E-state index in [1.165, 1.54) is 4.90 Å². The lowest BCUT2D eigenvalue weighted by Crippen LogP contribution is -2.55. The zero-order valence-corrected chi connectivity index (χ0v) is 18.0.